The van der Waals surface area contributed by atoms with Crippen LogP contribution in [0.25, 0.3) is 0 Å². The molecule has 0 spiro atoms. The van der Waals surface area contributed by atoms with Gasteiger partial charge in [-0.2, -0.15) is 0 Å². The lowest BCUT2D eigenvalue weighted by Crippen LogP contribution is -2.31. The maximum absolute atomic E-state index is 11.5. The summed E-state index contributed by atoms with van der Waals surface area (Å²) >= 11 is 0. The summed E-state index contributed by atoms with van der Waals surface area (Å²) in [6.07, 6.45) is 0.201. The fraction of sp³-hybridized carbons (Fsp3) is 0.467. The van der Waals surface area contributed by atoms with E-state index in [9.17, 15) is 9.59 Å². The van der Waals surface area contributed by atoms with Gasteiger partial charge < -0.3 is 14.8 Å². The lowest BCUT2D eigenvalue weighted by molar-refractivity contribution is -0.143. The highest BCUT2D eigenvalue weighted by Gasteiger charge is 2.06. The second-order valence-electron chi connectivity index (χ2n) is 4.45. The monoisotopic (exact) mass is 279 g/mol. The number of nitrogens with one attached hydrogen (secondary N) is 1. The third kappa shape index (κ3) is 5.73. The van der Waals surface area contributed by atoms with Gasteiger partial charge in [-0.15, -0.1) is 0 Å². The zero-order valence-corrected chi connectivity index (χ0v) is 12.2. The largest absolute Gasteiger partial charge is 0.493 e. The van der Waals surface area contributed by atoms with Crippen LogP contribution in [-0.4, -0.2) is 31.6 Å². The number of amides is 1. The van der Waals surface area contributed by atoms with Crippen molar-refractivity contribution in [1.29, 1.82) is 0 Å². The van der Waals surface area contributed by atoms with Gasteiger partial charge in [-0.3, -0.25) is 9.59 Å². The topological polar surface area (TPSA) is 64.6 Å². The van der Waals surface area contributed by atoms with E-state index >= 15 is 0 Å². The molecule has 0 fully saturated rings. The molecular formula is C15H21NO4. The Morgan fingerprint density at radius 1 is 1.25 bits per heavy atom. The molecule has 1 aromatic carbocycles. The molecule has 1 amide bonds. The Kier molecular flexibility index (Phi) is 6.56. The highest BCUT2D eigenvalue weighted by molar-refractivity contribution is 5.81. The SMILES string of the molecule is CCOC(=O)CNC(=O)CCOc1ccc(C)cc1C. The molecule has 0 aromatic heterocycles. The fourth-order valence-electron chi connectivity index (χ4n) is 1.69. The van der Waals surface area contributed by atoms with Crippen LogP contribution in [0.3, 0.4) is 0 Å². The Morgan fingerprint density at radius 3 is 2.65 bits per heavy atom. The molecule has 1 rings (SSSR count). The molecule has 0 aliphatic heterocycles. The number of ether oxygens (including phenoxy) is 2. The molecule has 5 heteroatoms. The molecule has 0 aliphatic carbocycles. The summed E-state index contributed by atoms with van der Waals surface area (Å²) in [6.45, 7) is 6.18. The van der Waals surface area contributed by atoms with Gasteiger partial charge in [0.05, 0.1) is 19.6 Å². The first-order valence-corrected chi connectivity index (χ1v) is 6.65. The number of hydrogen-bond acceptors (Lipinski definition) is 4. The first kappa shape index (κ1) is 16.0. The summed E-state index contributed by atoms with van der Waals surface area (Å²) < 4.78 is 10.2. The minimum Gasteiger partial charge on any atom is -0.493 e. The van der Waals surface area contributed by atoms with Crippen LogP contribution in [0.2, 0.25) is 0 Å². The molecule has 0 saturated carbocycles. The van der Waals surface area contributed by atoms with Gasteiger partial charge in [-0.25, -0.2) is 0 Å². The van der Waals surface area contributed by atoms with E-state index in [2.05, 4.69) is 5.32 Å². The van der Waals surface area contributed by atoms with Crippen LogP contribution in [0.1, 0.15) is 24.5 Å². The van der Waals surface area contributed by atoms with Crippen LogP contribution >= 0.6 is 0 Å². The molecular weight excluding hydrogens is 258 g/mol. The van der Waals surface area contributed by atoms with Gasteiger partial charge in [0.15, 0.2) is 0 Å². The van der Waals surface area contributed by atoms with Gasteiger partial charge in [0.1, 0.15) is 12.3 Å². The third-order valence-electron chi connectivity index (χ3n) is 2.65. The molecule has 0 unspecified atom stereocenters. The number of benzene rings is 1. The molecule has 110 valence electrons. The van der Waals surface area contributed by atoms with E-state index in [1.165, 1.54) is 5.56 Å². The van der Waals surface area contributed by atoms with Crippen molar-refractivity contribution < 1.29 is 19.1 Å². The molecule has 0 bridgehead atoms. The Bertz CT molecular complexity index is 471. The summed E-state index contributed by atoms with van der Waals surface area (Å²) in [5.74, 6) is 0.104. The van der Waals surface area contributed by atoms with Crippen molar-refractivity contribution in [3.8, 4) is 5.75 Å². The molecule has 1 aromatic rings. The quantitative estimate of drug-likeness (QED) is 0.772. The summed E-state index contributed by atoms with van der Waals surface area (Å²) in [4.78, 5) is 22.5. The Hall–Kier alpha value is -2.04. The van der Waals surface area contributed by atoms with Gasteiger partial charge in [0.25, 0.3) is 0 Å². The smallest absolute Gasteiger partial charge is 0.325 e. The van der Waals surface area contributed by atoms with E-state index in [0.29, 0.717) is 6.61 Å². The maximum atomic E-state index is 11.5. The number of carbonyl (C=O) groups is 2. The van der Waals surface area contributed by atoms with Crippen LogP contribution < -0.4 is 10.1 Å². The summed E-state index contributed by atoms with van der Waals surface area (Å²) in [5.41, 5.74) is 2.21. The van der Waals surface area contributed by atoms with E-state index in [1.54, 1.807) is 6.92 Å². The second-order valence-corrected chi connectivity index (χ2v) is 4.45. The van der Waals surface area contributed by atoms with Crippen LogP contribution in [0.15, 0.2) is 18.2 Å². The van der Waals surface area contributed by atoms with Crippen molar-refractivity contribution in [2.45, 2.75) is 27.2 Å². The van der Waals surface area contributed by atoms with E-state index in [4.69, 9.17) is 9.47 Å². The number of carbonyl (C=O) groups excluding carboxylic acids is 2. The summed E-state index contributed by atoms with van der Waals surface area (Å²) in [6, 6.07) is 5.88. The van der Waals surface area contributed by atoms with Crippen LogP contribution in [0.4, 0.5) is 0 Å². The summed E-state index contributed by atoms with van der Waals surface area (Å²) in [7, 11) is 0. The van der Waals surface area contributed by atoms with Gasteiger partial charge >= 0.3 is 5.97 Å². The van der Waals surface area contributed by atoms with Crippen molar-refractivity contribution in [3.05, 3.63) is 29.3 Å². The molecule has 0 aliphatic rings. The zero-order valence-electron chi connectivity index (χ0n) is 12.2. The van der Waals surface area contributed by atoms with E-state index in [0.717, 1.165) is 11.3 Å². The maximum Gasteiger partial charge on any atom is 0.325 e. The standard InChI is InChI=1S/C15H21NO4/c1-4-19-15(18)10-16-14(17)7-8-20-13-6-5-11(2)9-12(13)3/h5-6,9H,4,7-8,10H2,1-3H3,(H,16,17). The third-order valence-corrected chi connectivity index (χ3v) is 2.65. The van der Waals surface area contributed by atoms with Gasteiger partial charge in [-0.05, 0) is 32.4 Å². The first-order valence-electron chi connectivity index (χ1n) is 6.65. The van der Waals surface area contributed by atoms with Gasteiger partial charge in [-0.1, -0.05) is 17.7 Å². The Morgan fingerprint density at radius 2 is 2.00 bits per heavy atom. The van der Waals surface area contributed by atoms with Crippen LogP contribution in [0, 0.1) is 13.8 Å². The van der Waals surface area contributed by atoms with E-state index in [1.807, 2.05) is 32.0 Å². The van der Waals surface area contributed by atoms with Gasteiger partial charge in [0, 0.05) is 0 Å². The number of aryl methyl sites for hydroxylation is 2. The highest BCUT2D eigenvalue weighted by Crippen LogP contribution is 2.18. The van der Waals surface area contributed by atoms with Crippen molar-refractivity contribution in [2.75, 3.05) is 19.8 Å². The van der Waals surface area contributed by atoms with Crippen molar-refractivity contribution in [2.24, 2.45) is 0 Å². The highest BCUT2D eigenvalue weighted by atomic mass is 16.5. The normalized spacial score (nSPS) is 9.95. The predicted octanol–water partition coefficient (Wildman–Crippen LogP) is 1.75. The van der Waals surface area contributed by atoms with Gasteiger partial charge in [0.2, 0.25) is 5.91 Å². The lowest BCUT2D eigenvalue weighted by Gasteiger charge is -2.09. The van der Waals surface area contributed by atoms with Crippen LogP contribution in [-0.2, 0) is 14.3 Å². The number of hydrogen-bond donors (Lipinski definition) is 1. The lowest BCUT2D eigenvalue weighted by atomic mass is 10.1. The molecule has 20 heavy (non-hydrogen) atoms. The fourth-order valence-corrected chi connectivity index (χ4v) is 1.69. The minimum atomic E-state index is -0.434. The predicted molar refractivity (Wildman–Crippen MR) is 75.7 cm³/mol. The molecule has 0 saturated heterocycles. The molecule has 0 radical (unpaired) electrons. The van der Waals surface area contributed by atoms with Crippen molar-refractivity contribution >= 4 is 11.9 Å². The zero-order chi connectivity index (χ0) is 15.0. The van der Waals surface area contributed by atoms with Crippen molar-refractivity contribution in [3.63, 3.8) is 0 Å². The number of rotatable bonds is 7. The minimum absolute atomic E-state index is 0.101. The first-order chi connectivity index (χ1) is 9.52. The number of esters is 1. The summed E-state index contributed by atoms with van der Waals surface area (Å²) in [5, 5.41) is 2.48. The van der Waals surface area contributed by atoms with Crippen molar-refractivity contribution in [1.82, 2.24) is 5.32 Å². The van der Waals surface area contributed by atoms with Crippen LogP contribution in [0.5, 0.6) is 5.75 Å². The average molecular weight is 279 g/mol. The van der Waals surface area contributed by atoms with E-state index in [-0.39, 0.29) is 25.5 Å². The Balaban J connectivity index is 2.26. The molecule has 1 N–H and O–H groups in total. The molecule has 0 atom stereocenters. The molecule has 0 heterocycles. The average Bonchev–Trinajstić information content (AvgIpc) is 2.39. The van der Waals surface area contributed by atoms with E-state index < -0.39 is 5.97 Å². The second kappa shape index (κ2) is 8.19. The molecule has 5 nitrogen and oxygen atoms in total. The Labute approximate surface area is 119 Å².